The van der Waals surface area contributed by atoms with Crippen molar-refractivity contribution in [2.75, 3.05) is 198 Å². The van der Waals surface area contributed by atoms with Crippen molar-refractivity contribution >= 4 is 47.8 Å². The van der Waals surface area contributed by atoms with Crippen molar-refractivity contribution in [3.8, 4) is 0 Å². The summed E-state index contributed by atoms with van der Waals surface area (Å²) in [7, 11) is 0. The average Bonchev–Trinajstić information content (AvgIpc) is 3.32. The molecule has 0 saturated carbocycles. The number of carboxylic acids is 8. The van der Waals surface area contributed by atoms with E-state index in [1.165, 1.54) is 0 Å². The highest BCUT2D eigenvalue weighted by molar-refractivity contribution is 5.70. The Hall–Kier alpha value is -4.96. The summed E-state index contributed by atoms with van der Waals surface area (Å²) in [4.78, 5) is 88.7. The number of carbonyl (C=O) groups is 8. The Morgan fingerprint density at radius 3 is 0.493 bits per heavy atom. The molecule has 0 aliphatic carbocycles. The fourth-order valence-corrected chi connectivity index (χ4v) is 5.16. The minimum atomic E-state index is -2.17. The van der Waals surface area contributed by atoms with Gasteiger partial charge >= 0.3 is 47.8 Å². The lowest BCUT2D eigenvalue weighted by molar-refractivity contribution is -0.328. The van der Waals surface area contributed by atoms with Gasteiger partial charge in [-0.25, -0.2) is 38.4 Å². The first kappa shape index (κ1) is 70.0. The largest absolute Gasteiger partial charge is 0.480 e. The van der Waals surface area contributed by atoms with Gasteiger partial charge in [-0.2, -0.15) is 0 Å². The van der Waals surface area contributed by atoms with E-state index in [0.717, 1.165) is 0 Å². The third-order valence-corrected chi connectivity index (χ3v) is 8.04. The molecule has 8 N–H and O–H groups in total. The maximum Gasteiger partial charge on any atom is 0.329 e. The Morgan fingerprint density at radius 1 is 0.200 bits per heavy atom. The monoisotopic (exact) mass is 1100 g/mol. The van der Waals surface area contributed by atoms with E-state index >= 15 is 0 Å². The normalized spacial score (nSPS) is 11.9. The van der Waals surface area contributed by atoms with E-state index in [-0.39, 0.29) is 52.9 Å². The molecular formula is C41H68O34. The molecule has 0 aromatic carbocycles. The van der Waals surface area contributed by atoms with Crippen molar-refractivity contribution in [3.05, 3.63) is 0 Å². The Kier molecular flexibility index (Phi) is 41.3. The molecule has 0 atom stereocenters. The molecule has 0 fully saturated rings. The first-order valence-corrected chi connectivity index (χ1v) is 22.3. The summed E-state index contributed by atoms with van der Waals surface area (Å²) in [5.74, 6) is -16.6. The van der Waals surface area contributed by atoms with Crippen LogP contribution in [0.15, 0.2) is 0 Å². The van der Waals surface area contributed by atoms with Crippen molar-refractivity contribution in [1.29, 1.82) is 0 Å². The van der Waals surface area contributed by atoms with Gasteiger partial charge in [0.15, 0.2) is 0 Å². The molecule has 0 spiro atoms. The fraction of sp³-hybridized carbons (Fsp3) is 0.805. The number of carboxylic acid groups (broad SMARTS) is 8. The first-order chi connectivity index (χ1) is 35.7. The summed E-state index contributed by atoms with van der Waals surface area (Å²) in [6.45, 7) is -15.3. The third-order valence-electron chi connectivity index (χ3n) is 8.04. The Balaban J connectivity index is 7.21. The lowest BCUT2D eigenvalue weighted by Gasteiger charge is -2.38. The molecule has 0 saturated heterocycles. The first-order valence-electron chi connectivity index (χ1n) is 22.3. The Labute approximate surface area is 427 Å². The van der Waals surface area contributed by atoms with E-state index < -0.39 is 210 Å². The van der Waals surface area contributed by atoms with Gasteiger partial charge in [0, 0.05) is 0 Å². The van der Waals surface area contributed by atoms with Crippen LogP contribution in [0.3, 0.4) is 0 Å². The summed E-state index contributed by atoms with van der Waals surface area (Å²) in [6, 6.07) is 0. The van der Waals surface area contributed by atoms with E-state index in [0.29, 0.717) is 0 Å². The SMILES string of the molecule is O=C(O)COCCOCC(COCC(COCC(COCCOCC(=O)O)(OCCOCC(=O)O)OCCOCC(=O)O)(OCCOCC(=O)O)OCCOCC(=O)O)(OCCOCC(=O)O)OCCOCC(=O)O. The van der Waals surface area contributed by atoms with Gasteiger partial charge in [0.2, 0.25) is 17.4 Å². The van der Waals surface area contributed by atoms with Crippen LogP contribution >= 0.6 is 0 Å². The van der Waals surface area contributed by atoms with Crippen LogP contribution in [0.5, 0.6) is 0 Å². The molecule has 0 aromatic heterocycles. The maximum absolute atomic E-state index is 11.2. The maximum atomic E-state index is 11.2. The standard InChI is InChI=1S/C41H68O34/c42-31(43)17-58-1-3-66-25-39(70-11-5-60-19-33(46)47,71-12-6-61-20-34(48)49)27-68-29-41(74-15-9-64-23-37(54)55,75-16-10-65-24-38(56)57)30-69-28-40(72-13-7-62-21-35(50)51,73-14-8-63-22-36(52)53)26-67-4-2-59-18-32(44)45/h1-30H2,(H,42,43)(H,44,45)(H,46,47)(H,48,49)(H,50,51)(H,52,53)(H,54,55)(H,56,57). The van der Waals surface area contributed by atoms with E-state index in [1.54, 1.807) is 0 Å². The van der Waals surface area contributed by atoms with E-state index in [4.69, 9.17) is 126 Å². The molecule has 0 amide bonds. The van der Waals surface area contributed by atoms with Gasteiger partial charge in [0.05, 0.1) is 106 Å². The van der Waals surface area contributed by atoms with E-state index in [9.17, 15) is 38.4 Å². The lowest BCUT2D eigenvalue weighted by atomic mass is 10.2. The highest BCUT2D eigenvalue weighted by atomic mass is 16.8. The van der Waals surface area contributed by atoms with Gasteiger partial charge in [-0.05, 0) is 0 Å². The molecule has 436 valence electrons. The second-order valence-electron chi connectivity index (χ2n) is 14.5. The van der Waals surface area contributed by atoms with Crippen molar-refractivity contribution in [3.63, 3.8) is 0 Å². The van der Waals surface area contributed by atoms with Crippen LogP contribution in [0.2, 0.25) is 0 Å². The van der Waals surface area contributed by atoms with Gasteiger partial charge in [0.1, 0.15) is 92.5 Å². The Bertz CT molecular complexity index is 1430. The summed E-state index contributed by atoms with van der Waals surface area (Å²) < 4.78 is 100. The van der Waals surface area contributed by atoms with Crippen LogP contribution < -0.4 is 0 Å². The van der Waals surface area contributed by atoms with Gasteiger partial charge < -0.3 is 126 Å². The molecule has 75 heavy (non-hydrogen) atoms. The van der Waals surface area contributed by atoms with E-state index in [2.05, 4.69) is 0 Å². The summed E-state index contributed by atoms with van der Waals surface area (Å²) in [5, 5.41) is 72.3. The average molecular weight is 1100 g/mol. The van der Waals surface area contributed by atoms with Crippen LogP contribution in [0.4, 0.5) is 0 Å². The van der Waals surface area contributed by atoms with Crippen molar-refractivity contribution in [2.45, 2.75) is 17.4 Å². The van der Waals surface area contributed by atoms with Gasteiger partial charge in [-0.1, -0.05) is 0 Å². The predicted octanol–water partition coefficient (Wildman–Crippen LogP) is -3.95. The van der Waals surface area contributed by atoms with Gasteiger partial charge in [-0.15, -0.1) is 0 Å². The van der Waals surface area contributed by atoms with E-state index in [1.807, 2.05) is 0 Å². The molecule has 34 nitrogen and oxygen atoms in total. The van der Waals surface area contributed by atoms with Crippen LogP contribution in [0.1, 0.15) is 0 Å². The molecule has 0 aliphatic heterocycles. The van der Waals surface area contributed by atoms with Crippen molar-refractivity contribution in [1.82, 2.24) is 0 Å². The molecular weight excluding hydrogens is 1040 g/mol. The molecule has 34 heteroatoms. The molecule has 0 heterocycles. The zero-order valence-corrected chi connectivity index (χ0v) is 40.9. The molecule has 0 unspecified atom stereocenters. The number of rotatable bonds is 58. The molecule has 0 aromatic rings. The van der Waals surface area contributed by atoms with Crippen LogP contribution in [0.25, 0.3) is 0 Å². The summed E-state index contributed by atoms with van der Waals surface area (Å²) in [5.41, 5.74) is 0. The van der Waals surface area contributed by atoms with Crippen molar-refractivity contribution < 1.29 is 164 Å². The second-order valence-corrected chi connectivity index (χ2v) is 14.5. The predicted molar refractivity (Wildman–Crippen MR) is 235 cm³/mol. The Morgan fingerprint density at radius 2 is 0.333 bits per heavy atom. The van der Waals surface area contributed by atoms with Gasteiger partial charge in [0.25, 0.3) is 0 Å². The van der Waals surface area contributed by atoms with Crippen LogP contribution in [0, 0.1) is 0 Å². The molecule has 0 aliphatic rings. The number of ether oxygens (including phenoxy) is 18. The quantitative estimate of drug-likeness (QED) is 0.0213. The lowest BCUT2D eigenvalue weighted by Crippen LogP contribution is -2.52. The number of hydrogen-bond donors (Lipinski definition) is 8. The molecule has 0 radical (unpaired) electrons. The van der Waals surface area contributed by atoms with Crippen LogP contribution in [-0.4, -0.2) is 304 Å². The smallest absolute Gasteiger partial charge is 0.329 e. The minimum Gasteiger partial charge on any atom is -0.480 e. The van der Waals surface area contributed by atoms with Crippen LogP contribution in [-0.2, 0) is 124 Å². The van der Waals surface area contributed by atoms with Gasteiger partial charge in [-0.3, -0.25) is 0 Å². The number of aliphatic carboxylic acids is 8. The summed E-state index contributed by atoms with van der Waals surface area (Å²) in [6.07, 6.45) is 0. The number of hydrogen-bond acceptors (Lipinski definition) is 26. The fourth-order valence-electron chi connectivity index (χ4n) is 5.16. The molecule has 0 rings (SSSR count). The minimum absolute atomic E-state index is 0.244. The second kappa shape index (κ2) is 44.2. The molecule has 0 bridgehead atoms. The highest BCUT2D eigenvalue weighted by Gasteiger charge is 2.41. The highest BCUT2D eigenvalue weighted by Crippen LogP contribution is 2.23. The van der Waals surface area contributed by atoms with Crippen molar-refractivity contribution in [2.24, 2.45) is 0 Å². The zero-order chi connectivity index (χ0) is 56.1. The zero-order valence-electron chi connectivity index (χ0n) is 40.9. The topological polar surface area (TPSA) is 465 Å². The third kappa shape index (κ3) is 42.9. The summed E-state index contributed by atoms with van der Waals surface area (Å²) >= 11 is 0.